The van der Waals surface area contributed by atoms with Gasteiger partial charge in [-0.15, -0.1) is 0 Å². The lowest BCUT2D eigenvalue weighted by atomic mass is 10.2. The molecule has 0 aliphatic rings. The zero-order chi connectivity index (χ0) is 10.7. The molecule has 2 heterocycles. The van der Waals surface area contributed by atoms with Gasteiger partial charge in [0.05, 0.1) is 28.0 Å². The summed E-state index contributed by atoms with van der Waals surface area (Å²) in [6, 6.07) is 0. The maximum Gasteiger partial charge on any atom is 0.188 e. The molecule has 0 unspecified atom stereocenters. The molecule has 0 bridgehead atoms. The van der Waals surface area contributed by atoms with Crippen molar-refractivity contribution in [2.45, 2.75) is 6.92 Å². The first kappa shape index (κ1) is 10.2. The zero-order valence-electron chi connectivity index (χ0n) is 8.04. The molecule has 15 heavy (non-hydrogen) atoms. The van der Waals surface area contributed by atoms with E-state index >= 15 is 0 Å². The molecule has 5 heteroatoms. The number of pyridine rings is 1. The molecule has 0 radical (unpaired) electrons. The van der Waals surface area contributed by atoms with E-state index in [-0.39, 0.29) is 0 Å². The van der Waals surface area contributed by atoms with E-state index in [1.54, 1.807) is 19.3 Å². The second kappa shape index (κ2) is 4.49. The van der Waals surface area contributed by atoms with E-state index in [9.17, 15) is 0 Å². The molecule has 0 atom stereocenters. The number of rotatable bonds is 2. The number of anilines is 1. The molecule has 4 nitrogen and oxygen atoms in total. The summed E-state index contributed by atoms with van der Waals surface area (Å²) in [6.07, 6.45) is 3.39. The lowest BCUT2D eigenvalue weighted by Crippen LogP contribution is -1.95. The second-order valence-electron chi connectivity index (χ2n) is 2.78. The van der Waals surface area contributed by atoms with Crippen LogP contribution in [0.1, 0.15) is 12.6 Å². The average molecular weight is 313 g/mol. The normalized spacial score (nSPS) is 9.73. The van der Waals surface area contributed by atoms with Crippen LogP contribution in [0.2, 0.25) is 0 Å². The van der Waals surface area contributed by atoms with Gasteiger partial charge < -0.3 is 9.84 Å². The summed E-state index contributed by atoms with van der Waals surface area (Å²) < 4.78 is 5.93. The number of nitrogens with zero attached hydrogens (tertiary/aromatic N) is 2. The lowest BCUT2D eigenvalue weighted by Gasteiger charge is -2.01. The van der Waals surface area contributed by atoms with Crippen LogP contribution >= 0.6 is 22.6 Å². The SMILES string of the molecule is CC#Cc1noc2cncc(NCI)c12. The highest BCUT2D eigenvalue weighted by Gasteiger charge is 2.10. The highest BCUT2D eigenvalue weighted by molar-refractivity contribution is 14.1. The Bertz CT molecular complexity index is 538. The summed E-state index contributed by atoms with van der Waals surface area (Å²) in [4.78, 5) is 4.06. The molecular formula is C10H8IN3O. The maximum atomic E-state index is 5.13. The van der Waals surface area contributed by atoms with Gasteiger partial charge in [-0.05, 0) is 12.8 Å². The smallest absolute Gasteiger partial charge is 0.188 e. The van der Waals surface area contributed by atoms with Crippen LogP contribution in [0.3, 0.4) is 0 Å². The third-order valence-corrected chi connectivity index (χ3v) is 2.27. The van der Waals surface area contributed by atoms with Gasteiger partial charge in [0.1, 0.15) is 0 Å². The predicted molar refractivity (Wildman–Crippen MR) is 66.9 cm³/mol. The number of hydrogen-bond donors (Lipinski definition) is 1. The van der Waals surface area contributed by atoms with Gasteiger partial charge in [-0.25, -0.2) is 0 Å². The van der Waals surface area contributed by atoms with Gasteiger partial charge in [-0.2, -0.15) is 0 Å². The highest BCUT2D eigenvalue weighted by atomic mass is 127. The molecule has 0 saturated carbocycles. The molecule has 1 N–H and O–H groups in total. The van der Waals surface area contributed by atoms with Gasteiger partial charge in [-0.3, -0.25) is 4.98 Å². The van der Waals surface area contributed by atoms with E-state index in [1.165, 1.54) is 0 Å². The zero-order valence-corrected chi connectivity index (χ0v) is 10.2. The fourth-order valence-corrected chi connectivity index (χ4v) is 1.72. The Balaban J connectivity index is 2.67. The van der Waals surface area contributed by atoms with Crippen molar-refractivity contribution in [1.82, 2.24) is 10.1 Å². The Morgan fingerprint density at radius 3 is 3.13 bits per heavy atom. The van der Waals surface area contributed by atoms with Crippen LogP contribution in [0.5, 0.6) is 0 Å². The van der Waals surface area contributed by atoms with Crippen molar-refractivity contribution < 1.29 is 4.52 Å². The molecule has 0 aliphatic heterocycles. The quantitative estimate of drug-likeness (QED) is 0.400. The summed E-state index contributed by atoms with van der Waals surface area (Å²) in [5.41, 5.74) is 2.21. The second-order valence-corrected chi connectivity index (χ2v) is 3.54. The molecule has 0 saturated heterocycles. The van der Waals surface area contributed by atoms with E-state index in [0.717, 1.165) is 15.6 Å². The number of fused-ring (bicyclic) bond motifs is 1. The Kier molecular flexibility index (Phi) is 3.06. The van der Waals surface area contributed by atoms with Crippen molar-refractivity contribution in [3.63, 3.8) is 0 Å². The van der Waals surface area contributed by atoms with Gasteiger partial charge in [0, 0.05) is 0 Å². The van der Waals surface area contributed by atoms with E-state index in [1.807, 2.05) is 0 Å². The minimum atomic E-state index is 0.655. The summed E-state index contributed by atoms with van der Waals surface area (Å²) in [7, 11) is 0. The van der Waals surface area contributed by atoms with Crippen LogP contribution in [0, 0.1) is 11.8 Å². The number of aromatic nitrogens is 2. The molecule has 2 rings (SSSR count). The first-order chi connectivity index (χ1) is 7.36. The summed E-state index contributed by atoms with van der Waals surface area (Å²) in [6.45, 7) is 1.77. The topological polar surface area (TPSA) is 51.0 Å². The Hall–Kier alpha value is -1.29. The predicted octanol–water partition coefficient (Wildman–Crippen LogP) is 2.40. The standard InChI is InChI=1S/C10H8IN3O/c1-2-3-7-10-8(13-6-11)4-12-5-9(10)15-14-7/h4-5,13H,6H2,1H3. The number of alkyl halides is 1. The number of nitrogens with one attached hydrogen (secondary N) is 1. The van der Waals surface area contributed by atoms with E-state index in [0.29, 0.717) is 11.3 Å². The van der Waals surface area contributed by atoms with Gasteiger partial charge in [0.15, 0.2) is 11.3 Å². The molecule has 76 valence electrons. The van der Waals surface area contributed by atoms with Crippen molar-refractivity contribution in [2.75, 3.05) is 9.87 Å². The van der Waals surface area contributed by atoms with Gasteiger partial charge >= 0.3 is 0 Å². The largest absolute Gasteiger partial charge is 0.374 e. The lowest BCUT2D eigenvalue weighted by molar-refractivity contribution is 0.453. The molecule has 2 aromatic heterocycles. The first-order valence-electron chi connectivity index (χ1n) is 4.32. The first-order valence-corrected chi connectivity index (χ1v) is 5.85. The van der Waals surface area contributed by atoms with Crippen LogP contribution in [0.4, 0.5) is 5.69 Å². The van der Waals surface area contributed by atoms with Crippen LogP contribution in [-0.4, -0.2) is 14.7 Å². The monoisotopic (exact) mass is 313 g/mol. The molecule has 0 aromatic carbocycles. The van der Waals surface area contributed by atoms with Crippen molar-refractivity contribution in [3.8, 4) is 11.8 Å². The van der Waals surface area contributed by atoms with Crippen LogP contribution in [0.25, 0.3) is 11.0 Å². The van der Waals surface area contributed by atoms with E-state index in [4.69, 9.17) is 4.52 Å². The molecule has 2 aromatic rings. The molecule has 0 fully saturated rings. The van der Waals surface area contributed by atoms with Crippen molar-refractivity contribution >= 4 is 39.2 Å². The molecule has 0 spiro atoms. The third-order valence-electron chi connectivity index (χ3n) is 1.88. The van der Waals surface area contributed by atoms with Gasteiger partial charge in [0.2, 0.25) is 0 Å². The number of hydrogen-bond acceptors (Lipinski definition) is 4. The van der Waals surface area contributed by atoms with Crippen molar-refractivity contribution in [2.24, 2.45) is 0 Å². The fourth-order valence-electron chi connectivity index (χ4n) is 1.30. The molecule has 0 aliphatic carbocycles. The minimum Gasteiger partial charge on any atom is -0.374 e. The van der Waals surface area contributed by atoms with E-state index < -0.39 is 0 Å². The van der Waals surface area contributed by atoms with E-state index in [2.05, 4.69) is 49.9 Å². The molecule has 0 amide bonds. The summed E-state index contributed by atoms with van der Waals surface area (Å²) in [5.74, 6) is 5.71. The maximum absolute atomic E-state index is 5.13. The Morgan fingerprint density at radius 2 is 2.40 bits per heavy atom. The molecular weight excluding hydrogens is 305 g/mol. The summed E-state index contributed by atoms with van der Waals surface area (Å²) >= 11 is 2.23. The Labute approximate surface area is 101 Å². The van der Waals surface area contributed by atoms with Crippen LogP contribution in [-0.2, 0) is 0 Å². The third kappa shape index (κ3) is 1.90. The van der Waals surface area contributed by atoms with Gasteiger partial charge in [0.25, 0.3) is 0 Å². The van der Waals surface area contributed by atoms with Crippen LogP contribution in [0.15, 0.2) is 16.9 Å². The van der Waals surface area contributed by atoms with Crippen molar-refractivity contribution in [3.05, 3.63) is 18.1 Å². The average Bonchev–Trinajstić information content (AvgIpc) is 2.64. The minimum absolute atomic E-state index is 0.655. The Morgan fingerprint density at radius 1 is 1.53 bits per heavy atom. The highest BCUT2D eigenvalue weighted by Crippen LogP contribution is 2.25. The number of halogens is 1. The van der Waals surface area contributed by atoms with Gasteiger partial charge in [-0.1, -0.05) is 33.7 Å². The van der Waals surface area contributed by atoms with Crippen LogP contribution < -0.4 is 5.32 Å². The van der Waals surface area contributed by atoms with Crippen molar-refractivity contribution in [1.29, 1.82) is 0 Å². The fraction of sp³-hybridized carbons (Fsp3) is 0.200. The summed E-state index contributed by atoms with van der Waals surface area (Å²) in [5, 5.41) is 7.99.